The number of hydrogen-bond donors (Lipinski definition) is 1. The number of fused-ring (bicyclic) bond motifs is 1. The summed E-state index contributed by atoms with van der Waals surface area (Å²) in [5.74, 6) is -1.64. The number of para-hydroxylation sites is 2. The van der Waals surface area contributed by atoms with Gasteiger partial charge in [0.1, 0.15) is 6.54 Å². The molecule has 1 unspecified atom stereocenters. The Morgan fingerprint density at radius 2 is 2.00 bits per heavy atom. The highest BCUT2D eigenvalue weighted by molar-refractivity contribution is 6.10. The SMILES string of the molecule is CCC(=O)N1CCCC(C(=O)OCC(=O)N2CC(=O)Nc3ccccc32)C1. The highest BCUT2D eigenvalue weighted by atomic mass is 16.5. The molecule has 144 valence electrons. The smallest absolute Gasteiger partial charge is 0.311 e. The highest BCUT2D eigenvalue weighted by Gasteiger charge is 2.31. The Hall–Kier alpha value is -2.90. The number of nitrogens with zero attached hydrogens (tertiary/aromatic N) is 2. The second-order valence-corrected chi connectivity index (χ2v) is 6.69. The van der Waals surface area contributed by atoms with Crippen molar-refractivity contribution >= 4 is 35.1 Å². The lowest BCUT2D eigenvalue weighted by molar-refractivity contribution is -0.154. The molecule has 2 aliphatic rings. The number of benzene rings is 1. The minimum Gasteiger partial charge on any atom is -0.455 e. The van der Waals surface area contributed by atoms with Gasteiger partial charge >= 0.3 is 5.97 Å². The van der Waals surface area contributed by atoms with E-state index < -0.39 is 24.4 Å². The quantitative estimate of drug-likeness (QED) is 0.799. The summed E-state index contributed by atoms with van der Waals surface area (Å²) >= 11 is 0. The Kier molecular flexibility index (Phi) is 5.73. The van der Waals surface area contributed by atoms with Crippen molar-refractivity contribution in [3.63, 3.8) is 0 Å². The Balaban J connectivity index is 1.58. The predicted molar refractivity (Wildman–Crippen MR) is 98.0 cm³/mol. The van der Waals surface area contributed by atoms with E-state index in [9.17, 15) is 19.2 Å². The molecule has 0 aliphatic carbocycles. The van der Waals surface area contributed by atoms with Crippen molar-refractivity contribution in [1.82, 2.24) is 4.90 Å². The van der Waals surface area contributed by atoms with Crippen LogP contribution in [0.25, 0.3) is 0 Å². The third kappa shape index (κ3) is 4.27. The molecule has 0 aromatic heterocycles. The lowest BCUT2D eigenvalue weighted by Gasteiger charge is -2.32. The van der Waals surface area contributed by atoms with Crippen molar-refractivity contribution in [2.75, 3.05) is 36.5 Å². The van der Waals surface area contributed by atoms with E-state index in [1.165, 1.54) is 4.90 Å². The van der Waals surface area contributed by atoms with Crippen LogP contribution in [-0.4, -0.2) is 54.8 Å². The number of esters is 1. The Bertz CT molecular complexity index is 763. The van der Waals surface area contributed by atoms with E-state index in [1.807, 2.05) is 0 Å². The summed E-state index contributed by atoms with van der Waals surface area (Å²) in [7, 11) is 0. The molecule has 8 nitrogen and oxygen atoms in total. The van der Waals surface area contributed by atoms with E-state index in [2.05, 4.69) is 5.32 Å². The summed E-state index contributed by atoms with van der Waals surface area (Å²) < 4.78 is 5.21. The maximum Gasteiger partial charge on any atom is 0.311 e. The number of hydrogen-bond acceptors (Lipinski definition) is 5. The summed E-state index contributed by atoms with van der Waals surface area (Å²) in [6.07, 6.45) is 1.77. The van der Waals surface area contributed by atoms with Crippen molar-refractivity contribution in [1.29, 1.82) is 0 Å². The van der Waals surface area contributed by atoms with Crippen molar-refractivity contribution < 1.29 is 23.9 Å². The first-order chi connectivity index (χ1) is 13.0. The summed E-state index contributed by atoms with van der Waals surface area (Å²) in [6.45, 7) is 2.22. The van der Waals surface area contributed by atoms with Gasteiger partial charge in [-0.05, 0) is 25.0 Å². The third-order valence-corrected chi connectivity index (χ3v) is 4.82. The lowest BCUT2D eigenvalue weighted by Crippen LogP contribution is -2.45. The number of carbonyl (C=O) groups excluding carboxylic acids is 4. The minimum atomic E-state index is -0.480. The van der Waals surface area contributed by atoms with Crippen LogP contribution in [0.4, 0.5) is 11.4 Å². The average Bonchev–Trinajstić information content (AvgIpc) is 2.70. The number of rotatable bonds is 4. The van der Waals surface area contributed by atoms with Gasteiger partial charge in [-0.1, -0.05) is 19.1 Å². The highest BCUT2D eigenvalue weighted by Crippen LogP contribution is 2.29. The number of likely N-dealkylation sites (tertiary alicyclic amines) is 1. The Morgan fingerprint density at radius 1 is 1.22 bits per heavy atom. The molecule has 3 rings (SSSR count). The number of carbonyl (C=O) groups is 4. The molecular weight excluding hydrogens is 350 g/mol. The molecule has 0 saturated carbocycles. The lowest BCUT2D eigenvalue weighted by atomic mass is 9.98. The second-order valence-electron chi connectivity index (χ2n) is 6.69. The van der Waals surface area contributed by atoms with Crippen LogP contribution in [0.15, 0.2) is 24.3 Å². The van der Waals surface area contributed by atoms with E-state index in [-0.39, 0.29) is 18.4 Å². The summed E-state index contributed by atoms with van der Waals surface area (Å²) in [6, 6.07) is 6.97. The van der Waals surface area contributed by atoms with E-state index in [0.717, 1.165) is 6.42 Å². The van der Waals surface area contributed by atoms with Crippen LogP contribution in [0.3, 0.4) is 0 Å². The van der Waals surface area contributed by atoms with Crippen molar-refractivity contribution in [3.8, 4) is 0 Å². The minimum absolute atomic E-state index is 0.0134. The molecule has 1 aromatic rings. The Morgan fingerprint density at radius 3 is 2.78 bits per heavy atom. The van der Waals surface area contributed by atoms with Crippen LogP contribution in [0.1, 0.15) is 26.2 Å². The molecule has 2 aliphatic heterocycles. The first-order valence-electron chi connectivity index (χ1n) is 9.13. The van der Waals surface area contributed by atoms with Gasteiger partial charge < -0.3 is 15.0 Å². The average molecular weight is 373 g/mol. The van der Waals surface area contributed by atoms with Crippen molar-refractivity contribution in [2.45, 2.75) is 26.2 Å². The number of nitrogens with one attached hydrogen (secondary N) is 1. The molecule has 0 spiro atoms. The first-order valence-corrected chi connectivity index (χ1v) is 9.13. The molecule has 8 heteroatoms. The van der Waals surface area contributed by atoms with Gasteiger partial charge in [0.15, 0.2) is 6.61 Å². The fraction of sp³-hybridized carbons (Fsp3) is 0.474. The molecule has 1 atom stereocenters. The first kappa shape index (κ1) is 18.9. The summed E-state index contributed by atoms with van der Waals surface area (Å²) in [5.41, 5.74) is 1.13. The van der Waals surface area contributed by atoms with E-state index >= 15 is 0 Å². The van der Waals surface area contributed by atoms with Gasteiger partial charge in [0, 0.05) is 19.5 Å². The molecule has 0 bridgehead atoms. The number of amides is 3. The topological polar surface area (TPSA) is 96.0 Å². The van der Waals surface area contributed by atoms with Gasteiger partial charge in [0.05, 0.1) is 17.3 Å². The fourth-order valence-electron chi connectivity index (χ4n) is 3.40. The predicted octanol–water partition coefficient (Wildman–Crippen LogP) is 1.16. The maximum absolute atomic E-state index is 12.5. The molecule has 2 heterocycles. The molecule has 27 heavy (non-hydrogen) atoms. The van der Waals surface area contributed by atoms with Gasteiger partial charge in [-0.3, -0.25) is 24.1 Å². The number of piperidine rings is 1. The van der Waals surface area contributed by atoms with Gasteiger partial charge in [-0.25, -0.2) is 0 Å². The normalized spacial score (nSPS) is 19.1. The van der Waals surface area contributed by atoms with Crippen LogP contribution in [0.5, 0.6) is 0 Å². The molecule has 1 aromatic carbocycles. The third-order valence-electron chi connectivity index (χ3n) is 4.82. The molecular formula is C19H23N3O5. The second kappa shape index (κ2) is 8.20. The van der Waals surface area contributed by atoms with E-state index in [1.54, 1.807) is 36.1 Å². The van der Waals surface area contributed by atoms with Gasteiger partial charge in [0.2, 0.25) is 11.8 Å². The molecule has 1 saturated heterocycles. The zero-order valence-corrected chi connectivity index (χ0v) is 15.3. The van der Waals surface area contributed by atoms with E-state index in [0.29, 0.717) is 37.3 Å². The van der Waals surface area contributed by atoms with Crippen LogP contribution in [-0.2, 0) is 23.9 Å². The zero-order valence-electron chi connectivity index (χ0n) is 15.3. The van der Waals surface area contributed by atoms with Crippen LogP contribution >= 0.6 is 0 Å². The van der Waals surface area contributed by atoms with Crippen molar-refractivity contribution in [3.05, 3.63) is 24.3 Å². The molecule has 0 radical (unpaired) electrons. The monoisotopic (exact) mass is 373 g/mol. The summed E-state index contributed by atoms with van der Waals surface area (Å²) in [4.78, 5) is 51.5. The largest absolute Gasteiger partial charge is 0.455 e. The number of ether oxygens (including phenoxy) is 1. The number of anilines is 2. The fourth-order valence-corrected chi connectivity index (χ4v) is 3.40. The van der Waals surface area contributed by atoms with Crippen LogP contribution in [0.2, 0.25) is 0 Å². The maximum atomic E-state index is 12.5. The standard InChI is InChI=1S/C19H23N3O5/c1-2-17(24)21-9-5-6-13(10-21)19(26)27-12-18(25)22-11-16(23)20-14-7-3-4-8-15(14)22/h3-4,7-8,13H,2,5-6,9-12H2,1H3,(H,20,23). The molecule has 1 N–H and O–H groups in total. The zero-order chi connectivity index (χ0) is 19.4. The van der Waals surface area contributed by atoms with Gasteiger partial charge in [0.25, 0.3) is 5.91 Å². The summed E-state index contributed by atoms with van der Waals surface area (Å²) in [5, 5.41) is 2.70. The van der Waals surface area contributed by atoms with Gasteiger partial charge in [-0.2, -0.15) is 0 Å². The van der Waals surface area contributed by atoms with Crippen LogP contribution < -0.4 is 10.2 Å². The van der Waals surface area contributed by atoms with Crippen molar-refractivity contribution in [2.24, 2.45) is 5.92 Å². The molecule has 1 fully saturated rings. The van der Waals surface area contributed by atoms with Gasteiger partial charge in [-0.15, -0.1) is 0 Å². The van der Waals surface area contributed by atoms with Crippen LogP contribution in [0, 0.1) is 5.92 Å². The van der Waals surface area contributed by atoms with E-state index in [4.69, 9.17) is 4.74 Å². The molecule has 3 amide bonds. The Labute approximate surface area is 157 Å².